The number of benzene rings is 2. The molecule has 1 aliphatic rings. The highest BCUT2D eigenvalue weighted by Gasteiger charge is 2.21. The Morgan fingerprint density at radius 3 is 2.44 bits per heavy atom. The van der Waals surface area contributed by atoms with E-state index in [1.807, 2.05) is 60.7 Å². The van der Waals surface area contributed by atoms with Gasteiger partial charge in [-0.25, -0.2) is 9.97 Å². The Morgan fingerprint density at radius 2 is 1.65 bits per heavy atom. The molecule has 6 rings (SSSR count). The summed E-state index contributed by atoms with van der Waals surface area (Å²) in [5.41, 5.74) is 3.89. The molecule has 10 heteroatoms. The van der Waals surface area contributed by atoms with Crippen LogP contribution in [0.2, 0.25) is 5.02 Å². The van der Waals surface area contributed by atoms with Crippen molar-refractivity contribution in [1.29, 1.82) is 0 Å². The Hall–Kier alpha value is -4.34. The third kappa shape index (κ3) is 7.36. The lowest BCUT2D eigenvalue weighted by Gasteiger charge is -2.37. The number of hydrogen-bond acceptors (Lipinski definition) is 8. The zero-order valence-corrected chi connectivity index (χ0v) is 25.1. The molecule has 0 aliphatic carbocycles. The fourth-order valence-electron chi connectivity index (χ4n) is 4.93. The number of hydrogen-bond donors (Lipinski definition) is 1. The van der Waals surface area contributed by atoms with Crippen molar-refractivity contribution in [2.45, 2.75) is 17.3 Å². The first-order valence-electron chi connectivity index (χ1n) is 14.2. The second-order valence-corrected chi connectivity index (χ2v) is 11.4. The summed E-state index contributed by atoms with van der Waals surface area (Å²) in [7, 11) is 0. The van der Waals surface area contributed by atoms with Crippen LogP contribution in [0.3, 0.4) is 0 Å². The van der Waals surface area contributed by atoms with Gasteiger partial charge in [0, 0.05) is 62.7 Å². The lowest BCUT2D eigenvalue weighted by atomic mass is 10.1. The van der Waals surface area contributed by atoms with Gasteiger partial charge < -0.3 is 19.5 Å². The minimum atomic E-state index is -0.243. The smallest absolute Gasteiger partial charge is 0.287 e. The maximum atomic E-state index is 12.6. The SMILES string of the molecule is O=C(NCCc1ccccn1)c1ccc(CSc2nc(-c3ccccc3)cc(N3CCN(c4ccccc4Cl)CC3)n2)o1. The summed E-state index contributed by atoms with van der Waals surface area (Å²) in [4.78, 5) is 31.3. The van der Waals surface area contributed by atoms with Crippen LogP contribution >= 0.6 is 23.4 Å². The van der Waals surface area contributed by atoms with E-state index in [1.54, 1.807) is 12.3 Å². The number of nitrogens with zero attached hydrogens (tertiary/aromatic N) is 5. The van der Waals surface area contributed by atoms with Crippen molar-refractivity contribution in [2.75, 3.05) is 42.5 Å². The number of carbonyl (C=O) groups is 1. The number of amides is 1. The third-order valence-corrected chi connectivity index (χ3v) is 8.37. The molecule has 1 aliphatic heterocycles. The molecular weight excluding hydrogens is 580 g/mol. The molecule has 1 fully saturated rings. The highest BCUT2D eigenvalue weighted by Crippen LogP contribution is 2.30. The van der Waals surface area contributed by atoms with Crippen LogP contribution in [0.25, 0.3) is 11.3 Å². The van der Waals surface area contributed by atoms with E-state index in [9.17, 15) is 4.79 Å². The normalized spacial score (nSPS) is 13.2. The molecule has 0 spiro atoms. The number of anilines is 2. The number of thioether (sulfide) groups is 1. The molecule has 0 radical (unpaired) electrons. The number of pyridine rings is 1. The van der Waals surface area contributed by atoms with E-state index in [4.69, 9.17) is 26.0 Å². The molecule has 2 aromatic carbocycles. The molecule has 0 bridgehead atoms. The largest absolute Gasteiger partial charge is 0.455 e. The van der Waals surface area contributed by atoms with Crippen LogP contribution < -0.4 is 15.1 Å². The van der Waals surface area contributed by atoms with E-state index in [0.717, 1.165) is 59.7 Å². The molecule has 0 saturated carbocycles. The lowest BCUT2D eigenvalue weighted by molar-refractivity contribution is 0.0925. The van der Waals surface area contributed by atoms with Gasteiger partial charge in [0.1, 0.15) is 11.6 Å². The first-order valence-corrected chi connectivity index (χ1v) is 15.6. The summed E-state index contributed by atoms with van der Waals surface area (Å²) in [6, 6.07) is 29.5. The second kappa shape index (κ2) is 13.8. The van der Waals surface area contributed by atoms with Crippen LogP contribution in [0, 0.1) is 0 Å². The van der Waals surface area contributed by atoms with E-state index in [2.05, 4.69) is 44.4 Å². The van der Waals surface area contributed by atoms with Crippen molar-refractivity contribution >= 4 is 40.8 Å². The van der Waals surface area contributed by atoms with Gasteiger partial charge in [0.15, 0.2) is 10.9 Å². The molecule has 1 amide bonds. The van der Waals surface area contributed by atoms with E-state index in [1.165, 1.54) is 11.8 Å². The van der Waals surface area contributed by atoms with Crippen LogP contribution in [0.1, 0.15) is 22.0 Å². The van der Waals surface area contributed by atoms with Crippen molar-refractivity contribution < 1.29 is 9.21 Å². The standard InChI is InChI=1S/C33H31ClN6O2S/c34-27-11-4-5-12-29(27)39-18-20-40(21-19-39)31-22-28(24-8-2-1-3-9-24)37-33(38-31)43-23-26-13-14-30(42-26)32(41)36-17-15-25-10-6-7-16-35-25/h1-14,16,22H,15,17-21,23H2,(H,36,41). The second-order valence-electron chi connectivity index (χ2n) is 10.1. The quantitative estimate of drug-likeness (QED) is 0.144. The minimum Gasteiger partial charge on any atom is -0.455 e. The van der Waals surface area contributed by atoms with Crippen molar-refractivity contribution in [1.82, 2.24) is 20.3 Å². The number of furan rings is 1. The molecule has 1 saturated heterocycles. The molecular formula is C33H31ClN6O2S. The number of aromatic nitrogens is 3. The number of carbonyl (C=O) groups excluding carboxylic acids is 1. The monoisotopic (exact) mass is 610 g/mol. The number of rotatable bonds is 10. The Bertz CT molecular complexity index is 1660. The number of piperazine rings is 1. The highest BCUT2D eigenvalue weighted by molar-refractivity contribution is 7.98. The fraction of sp³-hybridized carbons (Fsp3) is 0.212. The predicted molar refractivity (Wildman–Crippen MR) is 172 cm³/mol. The maximum Gasteiger partial charge on any atom is 0.287 e. The van der Waals surface area contributed by atoms with Gasteiger partial charge in [0.25, 0.3) is 5.91 Å². The molecule has 4 heterocycles. The topological polar surface area (TPSA) is 87.4 Å². The third-order valence-electron chi connectivity index (χ3n) is 7.18. The predicted octanol–water partition coefficient (Wildman–Crippen LogP) is 6.38. The summed E-state index contributed by atoms with van der Waals surface area (Å²) in [6.45, 7) is 3.80. The van der Waals surface area contributed by atoms with Gasteiger partial charge in [-0.1, -0.05) is 71.9 Å². The van der Waals surface area contributed by atoms with Gasteiger partial charge in [-0.05, 0) is 36.4 Å². The van der Waals surface area contributed by atoms with Crippen molar-refractivity contribution in [2.24, 2.45) is 0 Å². The molecule has 0 atom stereocenters. The van der Waals surface area contributed by atoms with Gasteiger partial charge in [0.2, 0.25) is 0 Å². The molecule has 1 N–H and O–H groups in total. The molecule has 5 aromatic rings. The van der Waals surface area contributed by atoms with Gasteiger partial charge in [0.05, 0.1) is 22.2 Å². The fourth-order valence-corrected chi connectivity index (χ4v) is 5.93. The van der Waals surface area contributed by atoms with Gasteiger partial charge >= 0.3 is 0 Å². The Balaban J connectivity index is 1.12. The Kier molecular flexibility index (Phi) is 9.20. The number of halogens is 1. The average molecular weight is 611 g/mol. The maximum absolute atomic E-state index is 12.6. The Labute approximate surface area is 260 Å². The van der Waals surface area contributed by atoms with E-state index < -0.39 is 0 Å². The van der Waals surface area contributed by atoms with Crippen LogP contribution in [0.5, 0.6) is 0 Å². The van der Waals surface area contributed by atoms with E-state index >= 15 is 0 Å². The van der Waals surface area contributed by atoms with E-state index in [0.29, 0.717) is 29.6 Å². The zero-order valence-electron chi connectivity index (χ0n) is 23.5. The highest BCUT2D eigenvalue weighted by atomic mass is 35.5. The number of nitrogens with one attached hydrogen (secondary N) is 1. The summed E-state index contributed by atoms with van der Waals surface area (Å²) >= 11 is 7.95. The zero-order chi connectivity index (χ0) is 29.4. The summed E-state index contributed by atoms with van der Waals surface area (Å²) in [5, 5.41) is 4.32. The van der Waals surface area contributed by atoms with E-state index in [-0.39, 0.29) is 11.7 Å². The van der Waals surface area contributed by atoms with Gasteiger partial charge in [-0.2, -0.15) is 0 Å². The average Bonchev–Trinajstić information content (AvgIpc) is 3.54. The van der Waals surface area contributed by atoms with Crippen molar-refractivity contribution in [3.05, 3.63) is 119 Å². The van der Waals surface area contributed by atoms with Crippen molar-refractivity contribution in [3.8, 4) is 11.3 Å². The molecule has 8 nitrogen and oxygen atoms in total. The van der Waals surface area contributed by atoms with Gasteiger partial charge in [-0.3, -0.25) is 9.78 Å². The van der Waals surface area contributed by atoms with Crippen LogP contribution in [-0.4, -0.2) is 53.6 Å². The number of para-hydroxylation sites is 1. The van der Waals surface area contributed by atoms with Crippen LogP contribution in [0.4, 0.5) is 11.5 Å². The van der Waals surface area contributed by atoms with Crippen molar-refractivity contribution in [3.63, 3.8) is 0 Å². The molecule has 43 heavy (non-hydrogen) atoms. The summed E-state index contributed by atoms with van der Waals surface area (Å²) in [5.74, 6) is 2.12. The molecule has 218 valence electrons. The summed E-state index contributed by atoms with van der Waals surface area (Å²) in [6.07, 6.45) is 2.40. The minimum absolute atomic E-state index is 0.243. The molecule has 3 aromatic heterocycles. The Morgan fingerprint density at radius 1 is 0.884 bits per heavy atom. The van der Waals surface area contributed by atoms with Crippen LogP contribution in [-0.2, 0) is 12.2 Å². The van der Waals surface area contributed by atoms with Gasteiger partial charge in [-0.15, -0.1) is 0 Å². The lowest BCUT2D eigenvalue weighted by Crippen LogP contribution is -2.47. The molecule has 0 unspecified atom stereocenters. The summed E-state index contributed by atoms with van der Waals surface area (Å²) < 4.78 is 5.86. The van der Waals surface area contributed by atoms with Crippen LogP contribution in [0.15, 0.2) is 107 Å². The first-order chi connectivity index (χ1) is 21.1. The first kappa shape index (κ1) is 28.8.